The van der Waals surface area contributed by atoms with Crippen LogP contribution in [-0.2, 0) is 12.2 Å². The van der Waals surface area contributed by atoms with Crippen LogP contribution in [0.1, 0.15) is 22.7 Å². The molecule has 0 saturated carbocycles. The van der Waals surface area contributed by atoms with E-state index in [-0.39, 0.29) is 11.4 Å². The van der Waals surface area contributed by atoms with Crippen LogP contribution in [-0.4, -0.2) is 20.1 Å². The second-order valence-electron chi connectivity index (χ2n) is 6.40. The third kappa shape index (κ3) is 4.60. The summed E-state index contributed by atoms with van der Waals surface area (Å²) in [6, 6.07) is 15.7. The molecular formula is C21H17FN4O2S. The fraction of sp³-hybridized carbons (Fsp3) is 0.143. The zero-order valence-electron chi connectivity index (χ0n) is 15.6. The highest BCUT2D eigenvalue weighted by Crippen LogP contribution is 2.21. The van der Waals surface area contributed by atoms with Gasteiger partial charge in [0.2, 0.25) is 11.7 Å². The van der Waals surface area contributed by atoms with Gasteiger partial charge in [-0.15, -0.1) is 0 Å². The number of hydrogen-bond acceptors (Lipinski definition) is 6. The summed E-state index contributed by atoms with van der Waals surface area (Å²) in [4.78, 5) is 24.1. The lowest BCUT2D eigenvalue weighted by Crippen LogP contribution is -2.17. The summed E-state index contributed by atoms with van der Waals surface area (Å²) < 4.78 is 18.3. The van der Waals surface area contributed by atoms with Crippen LogP contribution in [0.3, 0.4) is 0 Å². The van der Waals surface area contributed by atoms with E-state index in [2.05, 4.69) is 20.1 Å². The van der Waals surface area contributed by atoms with Crippen molar-refractivity contribution in [1.29, 1.82) is 0 Å². The van der Waals surface area contributed by atoms with Crippen molar-refractivity contribution in [2.45, 2.75) is 24.3 Å². The molecule has 0 aliphatic heterocycles. The van der Waals surface area contributed by atoms with E-state index in [1.807, 2.05) is 37.3 Å². The molecule has 0 saturated heterocycles. The number of aromatic amines is 1. The fourth-order valence-corrected chi connectivity index (χ4v) is 3.56. The van der Waals surface area contributed by atoms with Crippen molar-refractivity contribution >= 4 is 11.8 Å². The maximum absolute atomic E-state index is 13.0. The molecule has 0 bridgehead atoms. The molecule has 2 aromatic carbocycles. The molecule has 29 heavy (non-hydrogen) atoms. The van der Waals surface area contributed by atoms with Crippen LogP contribution in [0.4, 0.5) is 4.39 Å². The summed E-state index contributed by atoms with van der Waals surface area (Å²) in [6.07, 6.45) is 0.532. The van der Waals surface area contributed by atoms with Crippen molar-refractivity contribution in [1.82, 2.24) is 20.1 Å². The molecule has 2 heterocycles. The molecule has 146 valence electrons. The highest BCUT2D eigenvalue weighted by atomic mass is 32.2. The zero-order valence-corrected chi connectivity index (χ0v) is 16.4. The predicted octanol–water partition coefficient (Wildman–Crippen LogP) is 4.15. The molecule has 0 aliphatic rings. The van der Waals surface area contributed by atoms with Crippen LogP contribution in [0.25, 0.3) is 11.4 Å². The summed E-state index contributed by atoms with van der Waals surface area (Å²) >= 11 is 1.30. The molecule has 4 aromatic rings. The number of aryl methyl sites for hydroxylation is 1. The van der Waals surface area contributed by atoms with Gasteiger partial charge in [-0.05, 0) is 36.8 Å². The molecule has 4 rings (SSSR count). The Bertz CT molecular complexity index is 1170. The van der Waals surface area contributed by atoms with E-state index < -0.39 is 0 Å². The fourth-order valence-electron chi connectivity index (χ4n) is 2.82. The largest absolute Gasteiger partial charge is 0.338 e. The first kappa shape index (κ1) is 19.1. The van der Waals surface area contributed by atoms with Crippen LogP contribution in [0, 0.1) is 12.7 Å². The number of hydrogen-bond donors (Lipinski definition) is 1. The minimum absolute atomic E-state index is 0.151. The van der Waals surface area contributed by atoms with Gasteiger partial charge in [-0.1, -0.05) is 47.3 Å². The minimum Gasteiger partial charge on any atom is -0.338 e. The Kier molecular flexibility index (Phi) is 5.53. The second-order valence-corrected chi connectivity index (χ2v) is 7.37. The van der Waals surface area contributed by atoms with Gasteiger partial charge >= 0.3 is 0 Å². The molecule has 0 amide bonds. The van der Waals surface area contributed by atoms with Gasteiger partial charge in [0.25, 0.3) is 5.56 Å². The number of H-pyrrole nitrogens is 1. The van der Waals surface area contributed by atoms with E-state index in [4.69, 9.17) is 4.52 Å². The number of halogens is 1. The Morgan fingerprint density at radius 2 is 1.83 bits per heavy atom. The topological polar surface area (TPSA) is 84.7 Å². The Labute approximate surface area is 170 Å². The molecule has 0 fully saturated rings. The van der Waals surface area contributed by atoms with Crippen LogP contribution in [0.2, 0.25) is 0 Å². The van der Waals surface area contributed by atoms with E-state index in [1.54, 1.807) is 12.1 Å². The van der Waals surface area contributed by atoms with Gasteiger partial charge in [0, 0.05) is 23.2 Å². The average Bonchev–Trinajstić information content (AvgIpc) is 3.19. The van der Waals surface area contributed by atoms with Gasteiger partial charge < -0.3 is 9.51 Å². The predicted molar refractivity (Wildman–Crippen MR) is 108 cm³/mol. The van der Waals surface area contributed by atoms with Crippen molar-refractivity contribution in [3.8, 4) is 11.4 Å². The van der Waals surface area contributed by atoms with E-state index in [0.717, 1.165) is 5.56 Å². The van der Waals surface area contributed by atoms with Gasteiger partial charge in [0.1, 0.15) is 5.82 Å². The lowest BCUT2D eigenvalue weighted by atomic mass is 10.1. The number of nitrogens with zero attached hydrogens (tertiary/aromatic N) is 3. The van der Waals surface area contributed by atoms with E-state index >= 15 is 0 Å². The Morgan fingerprint density at radius 3 is 2.55 bits per heavy atom. The Hall–Kier alpha value is -3.26. The third-order valence-electron chi connectivity index (χ3n) is 4.33. The maximum atomic E-state index is 13.0. The van der Waals surface area contributed by atoms with Crippen molar-refractivity contribution in [3.05, 3.63) is 93.5 Å². The quantitative estimate of drug-likeness (QED) is 0.381. The van der Waals surface area contributed by atoms with Crippen LogP contribution >= 0.6 is 11.8 Å². The first-order valence-corrected chi connectivity index (χ1v) is 9.92. The summed E-state index contributed by atoms with van der Waals surface area (Å²) in [7, 11) is 0. The SMILES string of the molecule is Cc1nc(SCc2nc(-c3ccc(F)cc3)no2)[nH]c(=O)c1Cc1ccccc1. The molecule has 0 spiro atoms. The molecule has 8 heteroatoms. The van der Waals surface area contributed by atoms with Crippen LogP contribution in [0.5, 0.6) is 0 Å². The van der Waals surface area contributed by atoms with Crippen molar-refractivity contribution in [2.75, 3.05) is 0 Å². The Morgan fingerprint density at radius 1 is 1.07 bits per heavy atom. The van der Waals surface area contributed by atoms with Gasteiger partial charge in [-0.3, -0.25) is 4.79 Å². The number of nitrogens with one attached hydrogen (secondary N) is 1. The summed E-state index contributed by atoms with van der Waals surface area (Å²) in [6.45, 7) is 1.83. The maximum Gasteiger partial charge on any atom is 0.255 e. The normalized spacial score (nSPS) is 11.0. The zero-order chi connectivity index (χ0) is 20.2. The number of benzene rings is 2. The monoisotopic (exact) mass is 408 g/mol. The van der Waals surface area contributed by atoms with Gasteiger partial charge in [-0.2, -0.15) is 4.98 Å². The second kappa shape index (κ2) is 8.40. The van der Waals surface area contributed by atoms with E-state index in [1.165, 1.54) is 23.9 Å². The lowest BCUT2D eigenvalue weighted by molar-refractivity contribution is 0.391. The molecule has 0 unspecified atom stereocenters. The van der Waals surface area contributed by atoms with Crippen molar-refractivity contribution in [2.24, 2.45) is 0 Å². The third-order valence-corrected chi connectivity index (χ3v) is 5.19. The summed E-state index contributed by atoms with van der Waals surface area (Å²) in [5.41, 5.74) is 2.91. The summed E-state index contributed by atoms with van der Waals surface area (Å²) in [5.74, 6) is 0.808. The van der Waals surface area contributed by atoms with Crippen LogP contribution < -0.4 is 5.56 Å². The van der Waals surface area contributed by atoms with Gasteiger partial charge in [0.05, 0.1) is 5.75 Å². The van der Waals surface area contributed by atoms with E-state index in [0.29, 0.717) is 45.9 Å². The number of rotatable bonds is 6. The van der Waals surface area contributed by atoms with Gasteiger partial charge in [-0.25, -0.2) is 9.37 Å². The van der Waals surface area contributed by atoms with E-state index in [9.17, 15) is 9.18 Å². The summed E-state index contributed by atoms with van der Waals surface area (Å²) in [5, 5.41) is 4.40. The smallest absolute Gasteiger partial charge is 0.255 e. The minimum atomic E-state index is -0.325. The molecule has 0 atom stereocenters. The molecule has 0 aliphatic carbocycles. The standard InChI is InChI=1S/C21H17FN4O2S/c1-13-17(11-14-5-3-2-4-6-14)20(27)25-21(23-13)29-12-18-24-19(26-28-18)15-7-9-16(22)10-8-15/h2-10H,11-12H2,1H3,(H,23,25,27). The first-order valence-electron chi connectivity index (χ1n) is 8.93. The molecule has 2 aromatic heterocycles. The van der Waals surface area contributed by atoms with Crippen LogP contribution in [0.15, 0.2) is 69.1 Å². The average molecular weight is 408 g/mol. The molecule has 1 N–H and O–H groups in total. The number of aromatic nitrogens is 4. The highest BCUT2D eigenvalue weighted by molar-refractivity contribution is 7.98. The molecular weight excluding hydrogens is 391 g/mol. The van der Waals surface area contributed by atoms with Crippen molar-refractivity contribution < 1.29 is 8.91 Å². The number of thioether (sulfide) groups is 1. The van der Waals surface area contributed by atoms with Gasteiger partial charge in [0.15, 0.2) is 5.16 Å². The highest BCUT2D eigenvalue weighted by Gasteiger charge is 2.12. The van der Waals surface area contributed by atoms with Crippen molar-refractivity contribution in [3.63, 3.8) is 0 Å². The first-order chi connectivity index (χ1) is 14.1. The lowest BCUT2D eigenvalue weighted by Gasteiger charge is -2.06. The Balaban J connectivity index is 1.45. The molecule has 6 nitrogen and oxygen atoms in total. The molecule has 0 radical (unpaired) electrons.